The van der Waals surface area contributed by atoms with E-state index in [1.165, 1.54) is 6.33 Å². The Bertz CT molecular complexity index is 821. The molecule has 0 saturated heterocycles. The zero-order chi connectivity index (χ0) is 16.1. The summed E-state index contributed by atoms with van der Waals surface area (Å²) in [6.07, 6.45) is 3.84. The van der Waals surface area contributed by atoms with Crippen LogP contribution in [0.5, 0.6) is 0 Å². The summed E-state index contributed by atoms with van der Waals surface area (Å²) in [5.74, 6) is 0.332. The Balaban J connectivity index is 1.71. The number of pyridine rings is 1. The highest BCUT2D eigenvalue weighted by Crippen LogP contribution is 2.11. The Kier molecular flexibility index (Phi) is 4.39. The molecular weight excluding hydrogens is 294 g/mol. The fourth-order valence-corrected chi connectivity index (χ4v) is 2.06. The molecule has 0 spiro atoms. The lowest BCUT2D eigenvalue weighted by molar-refractivity contribution is 0.187. The summed E-state index contributed by atoms with van der Waals surface area (Å²) in [6, 6.07) is 12.7. The van der Waals surface area contributed by atoms with Crippen molar-refractivity contribution in [2.45, 2.75) is 6.10 Å². The molecule has 1 unspecified atom stereocenters. The van der Waals surface area contributed by atoms with Crippen molar-refractivity contribution in [3.63, 3.8) is 0 Å². The van der Waals surface area contributed by atoms with Gasteiger partial charge in [-0.1, -0.05) is 30.3 Å². The molecule has 3 aromatic rings. The minimum Gasteiger partial charge on any atom is -0.387 e. The number of aromatic nitrogens is 4. The summed E-state index contributed by atoms with van der Waals surface area (Å²) >= 11 is 0. The number of aliphatic hydroxyl groups excluding tert-OH is 1. The number of hydrogen-bond donors (Lipinski definition) is 2. The van der Waals surface area contributed by atoms with Crippen LogP contribution >= 0.6 is 0 Å². The number of benzene rings is 1. The van der Waals surface area contributed by atoms with E-state index in [1.54, 1.807) is 24.5 Å². The molecule has 7 nitrogen and oxygen atoms in total. The Morgan fingerprint density at radius 2 is 1.87 bits per heavy atom. The van der Waals surface area contributed by atoms with Crippen LogP contribution in [0, 0.1) is 0 Å². The van der Waals surface area contributed by atoms with E-state index in [0.29, 0.717) is 11.4 Å². The molecule has 1 aromatic carbocycles. The molecule has 0 amide bonds. The van der Waals surface area contributed by atoms with Gasteiger partial charge in [0.15, 0.2) is 5.82 Å². The summed E-state index contributed by atoms with van der Waals surface area (Å²) in [6.45, 7) is 0.169. The number of aliphatic hydroxyl groups is 1. The van der Waals surface area contributed by atoms with E-state index in [2.05, 4.69) is 20.4 Å². The predicted molar refractivity (Wildman–Crippen MR) is 85.2 cm³/mol. The van der Waals surface area contributed by atoms with Crippen molar-refractivity contribution in [2.24, 2.45) is 0 Å². The molecule has 2 N–H and O–H groups in total. The second-order valence-electron chi connectivity index (χ2n) is 4.86. The maximum atomic E-state index is 12.0. The van der Waals surface area contributed by atoms with Gasteiger partial charge in [-0.3, -0.25) is 4.98 Å². The Hall–Kier alpha value is -3.06. The summed E-state index contributed by atoms with van der Waals surface area (Å²) in [7, 11) is 0. The van der Waals surface area contributed by atoms with Gasteiger partial charge < -0.3 is 10.5 Å². The van der Waals surface area contributed by atoms with Crippen LogP contribution in [0.2, 0.25) is 0 Å². The van der Waals surface area contributed by atoms with E-state index in [9.17, 15) is 9.90 Å². The molecule has 23 heavy (non-hydrogen) atoms. The van der Waals surface area contributed by atoms with E-state index in [1.807, 2.05) is 30.3 Å². The molecule has 0 saturated carbocycles. The predicted octanol–water partition coefficient (Wildman–Crippen LogP) is 0.977. The lowest BCUT2D eigenvalue weighted by Gasteiger charge is -2.14. The third-order valence-electron chi connectivity index (χ3n) is 3.28. The van der Waals surface area contributed by atoms with E-state index >= 15 is 0 Å². The third kappa shape index (κ3) is 3.58. The van der Waals surface area contributed by atoms with E-state index in [-0.39, 0.29) is 6.54 Å². The van der Waals surface area contributed by atoms with Gasteiger partial charge in [0.1, 0.15) is 6.33 Å². The van der Waals surface area contributed by atoms with E-state index in [4.69, 9.17) is 0 Å². The number of hydrogen-bond acceptors (Lipinski definition) is 6. The summed E-state index contributed by atoms with van der Waals surface area (Å²) in [4.78, 5) is 24.0. The molecule has 0 aliphatic heterocycles. The number of rotatable bonds is 5. The summed E-state index contributed by atoms with van der Waals surface area (Å²) < 4.78 is 1.15. The average molecular weight is 309 g/mol. The van der Waals surface area contributed by atoms with Crippen LogP contribution in [0.4, 0.5) is 0 Å². The van der Waals surface area contributed by atoms with Crippen LogP contribution < -0.4 is 11.1 Å². The average Bonchev–Trinajstić information content (AvgIpc) is 2.62. The first-order valence-corrected chi connectivity index (χ1v) is 7.07. The van der Waals surface area contributed by atoms with Crippen molar-refractivity contribution in [3.8, 4) is 11.4 Å². The molecule has 1 atom stereocenters. The van der Waals surface area contributed by atoms with E-state index < -0.39 is 11.8 Å². The van der Waals surface area contributed by atoms with Crippen molar-refractivity contribution < 1.29 is 5.11 Å². The van der Waals surface area contributed by atoms with Crippen LogP contribution in [0.15, 0.2) is 66.0 Å². The van der Waals surface area contributed by atoms with Crippen LogP contribution in [0.25, 0.3) is 11.4 Å². The molecular formula is C16H15N5O2. The van der Waals surface area contributed by atoms with Gasteiger partial charge >= 0.3 is 5.69 Å². The van der Waals surface area contributed by atoms with Gasteiger partial charge in [-0.15, -0.1) is 0 Å². The second kappa shape index (κ2) is 6.80. The lowest BCUT2D eigenvalue weighted by Crippen LogP contribution is -2.33. The first kappa shape index (κ1) is 14.9. The van der Waals surface area contributed by atoms with Crippen molar-refractivity contribution >= 4 is 0 Å². The smallest absolute Gasteiger partial charge is 0.369 e. The zero-order valence-corrected chi connectivity index (χ0v) is 12.2. The fraction of sp³-hybridized carbons (Fsp3) is 0.125. The monoisotopic (exact) mass is 309 g/mol. The third-order valence-corrected chi connectivity index (χ3v) is 3.28. The topological polar surface area (TPSA) is 92.9 Å². The maximum absolute atomic E-state index is 12.0. The highest BCUT2D eigenvalue weighted by atomic mass is 16.3. The van der Waals surface area contributed by atoms with Gasteiger partial charge in [-0.05, 0) is 17.7 Å². The summed E-state index contributed by atoms with van der Waals surface area (Å²) in [5, 5.41) is 10.1. The van der Waals surface area contributed by atoms with Gasteiger partial charge in [0.25, 0.3) is 0 Å². The minimum absolute atomic E-state index is 0.169. The number of nitrogens with zero attached hydrogens (tertiary/aromatic N) is 4. The minimum atomic E-state index is -0.733. The normalized spacial score (nSPS) is 11.9. The highest BCUT2D eigenvalue weighted by Gasteiger charge is 2.08. The molecule has 0 aliphatic rings. The van der Waals surface area contributed by atoms with E-state index in [0.717, 1.165) is 10.2 Å². The highest BCUT2D eigenvalue weighted by molar-refractivity contribution is 5.52. The molecule has 0 fully saturated rings. The zero-order valence-electron chi connectivity index (χ0n) is 12.2. The van der Waals surface area contributed by atoms with Crippen molar-refractivity contribution in [3.05, 3.63) is 77.2 Å². The SMILES string of the molecule is O=c1nc(-c2ccncc2)ncn1NCC(O)c1ccccc1. The molecule has 116 valence electrons. The van der Waals surface area contributed by atoms with Gasteiger partial charge in [-0.2, -0.15) is 9.66 Å². The quantitative estimate of drug-likeness (QED) is 0.730. The van der Waals surface area contributed by atoms with Crippen LogP contribution in [-0.2, 0) is 0 Å². The van der Waals surface area contributed by atoms with Gasteiger partial charge in [-0.25, -0.2) is 9.78 Å². The van der Waals surface area contributed by atoms with Crippen LogP contribution in [0.3, 0.4) is 0 Å². The van der Waals surface area contributed by atoms with Crippen molar-refractivity contribution in [1.29, 1.82) is 0 Å². The Labute approximate surface area is 132 Å². The van der Waals surface area contributed by atoms with Crippen LogP contribution in [0.1, 0.15) is 11.7 Å². The molecule has 0 bridgehead atoms. The van der Waals surface area contributed by atoms with Crippen LogP contribution in [-0.4, -0.2) is 31.3 Å². The first-order valence-electron chi connectivity index (χ1n) is 7.07. The maximum Gasteiger partial charge on any atom is 0.369 e. The molecule has 3 rings (SSSR count). The van der Waals surface area contributed by atoms with Gasteiger partial charge in [0.05, 0.1) is 12.6 Å². The first-order chi connectivity index (χ1) is 11.2. The van der Waals surface area contributed by atoms with Gasteiger partial charge in [0.2, 0.25) is 0 Å². The van der Waals surface area contributed by atoms with Gasteiger partial charge in [0, 0.05) is 18.0 Å². The second-order valence-corrected chi connectivity index (χ2v) is 4.86. The molecule has 2 aromatic heterocycles. The molecule has 0 radical (unpaired) electrons. The van der Waals surface area contributed by atoms with Crippen molar-refractivity contribution in [2.75, 3.05) is 12.0 Å². The Morgan fingerprint density at radius 3 is 2.57 bits per heavy atom. The number of nitrogens with one attached hydrogen (secondary N) is 1. The fourth-order valence-electron chi connectivity index (χ4n) is 2.06. The summed E-state index contributed by atoms with van der Waals surface area (Å²) in [5.41, 5.74) is 3.80. The molecule has 0 aliphatic carbocycles. The molecule has 7 heteroatoms. The molecule has 2 heterocycles. The van der Waals surface area contributed by atoms with Crippen molar-refractivity contribution in [1.82, 2.24) is 19.6 Å². The Morgan fingerprint density at radius 1 is 1.13 bits per heavy atom. The standard InChI is InChI=1S/C16H15N5O2/c22-14(12-4-2-1-3-5-12)10-19-21-11-18-15(20-16(21)23)13-6-8-17-9-7-13/h1-9,11,14,19,22H,10H2. The lowest BCUT2D eigenvalue weighted by atomic mass is 10.1. The largest absolute Gasteiger partial charge is 0.387 e.